The average molecular weight is 483 g/mol. The molecule has 0 saturated carbocycles. The van der Waals surface area contributed by atoms with Crippen molar-refractivity contribution >= 4 is 29.7 Å². The largest absolute Gasteiger partial charge is 0.481 e. The Morgan fingerprint density at radius 3 is 2.06 bits per heavy atom. The number of hydrogen-bond acceptors (Lipinski definition) is 7. The Balaban J connectivity index is 2.94. The number of amides is 3. The highest BCUT2D eigenvalue weighted by molar-refractivity contribution is 5.94. The molecule has 0 saturated heterocycles. The number of hydrogen-bond donors (Lipinski definition) is 7. The number of carbonyl (C=O) groups excluding carboxylic acids is 3. The van der Waals surface area contributed by atoms with Crippen molar-refractivity contribution in [2.45, 2.75) is 71.1 Å². The van der Waals surface area contributed by atoms with Gasteiger partial charge in [0.25, 0.3) is 0 Å². The number of rotatable bonds is 14. The third-order valence-corrected chi connectivity index (χ3v) is 4.91. The second-order valence-corrected chi connectivity index (χ2v) is 8.81. The molecule has 34 heavy (non-hydrogen) atoms. The summed E-state index contributed by atoms with van der Waals surface area (Å²) in [7, 11) is 0. The van der Waals surface area contributed by atoms with Gasteiger partial charge in [0, 0.05) is 18.3 Å². The predicted molar refractivity (Wildman–Crippen MR) is 120 cm³/mol. The Morgan fingerprint density at radius 1 is 0.971 bits per heavy atom. The summed E-state index contributed by atoms with van der Waals surface area (Å²) in [5.74, 6) is -5.12. The molecular formula is C21H34N6O7. The van der Waals surface area contributed by atoms with E-state index in [0.29, 0.717) is 5.69 Å². The standard InChI is InChI=1S/C21H34N6O7/c1-10(2)5-14(25-18(30)13(22)7-16(28)29)19(31)27-17(11(3)4)20(32)26-15(21(33)34)6-12-8-23-9-24-12/h8-11,13-15,17H,5-7,22H2,1-4H3,(H,23,24)(H,25,30)(H,26,32)(H,27,31)(H,28,29)(H,33,34). The van der Waals surface area contributed by atoms with Gasteiger partial charge in [-0.05, 0) is 18.3 Å². The van der Waals surface area contributed by atoms with Gasteiger partial charge in [0.1, 0.15) is 18.1 Å². The molecule has 0 bridgehead atoms. The summed E-state index contributed by atoms with van der Waals surface area (Å²) in [6, 6.07) is -4.76. The van der Waals surface area contributed by atoms with Crippen molar-refractivity contribution in [1.29, 1.82) is 0 Å². The number of carboxylic acids is 2. The van der Waals surface area contributed by atoms with Gasteiger partial charge in [0.05, 0.1) is 18.8 Å². The van der Waals surface area contributed by atoms with Crippen LogP contribution in [-0.2, 0) is 30.4 Å². The molecule has 0 aromatic carbocycles. The first-order valence-electron chi connectivity index (χ1n) is 10.9. The predicted octanol–water partition coefficient (Wildman–Crippen LogP) is -1.00. The van der Waals surface area contributed by atoms with Crippen molar-refractivity contribution in [3.8, 4) is 0 Å². The van der Waals surface area contributed by atoms with E-state index in [9.17, 15) is 29.1 Å². The van der Waals surface area contributed by atoms with Crippen molar-refractivity contribution < 1.29 is 34.2 Å². The number of imidazole rings is 1. The lowest BCUT2D eigenvalue weighted by atomic mass is 9.99. The molecule has 8 N–H and O–H groups in total. The molecule has 0 radical (unpaired) electrons. The van der Waals surface area contributed by atoms with Gasteiger partial charge in [-0.1, -0.05) is 27.7 Å². The van der Waals surface area contributed by atoms with E-state index in [1.165, 1.54) is 12.5 Å². The molecule has 0 aliphatic rings. The summed E-state index contributed by atoms with van der Waals surface area (Å²) >= 11 is 0. The summed E-state index contributed by atoms with van der Waals surface area (Å²) in [6.07, 6.45) is 2.40. The quantitative estimate of drug-likeness (QED) is 0.173. The fourth-order valence-electron chi connectivity index (χ4n) is 3.13. The molecule has 4 unspecified atom stereocenters. The van der Waals surface area contributed by atoms with Crippen molar-refractivity contribution in [2.75, 3.05) is 0 Å². The number of aliphatic carboxylic acids is 2. The number of nitrogens with one attached hydrogen (secondary N) is 4. The molecule has 0 fully saturated rings. The number of aromatic nitrogens is 2. The van der Waals surface area contributed by atoms with E-state index >= 15 is 0 Å². The summed E-state index contributed by atoms with van der Waals surface area (Å²) in [5, 5.41) is 25.8. The molecular weight excluding hydrogens is 448 g/mol. The lowest BCUT2D eigenvalue weighted by Gasteiger charge is -2.27. The van der Waals surface area contributed by atoms with E-state index in [4.69, 9.17) is 10.8 Å². The van der Waals surface area contributed by atoms with Crippen LogP contribution in [0.1, 0.15) is 46.2 Å². The minimum atomic E-state index is -1.34. The zero-order valence-electron chi connectivity index (χ0n) is 19.7. The Kier molecular flexibility index (Phi) is 11.2. The second kappa shape index (κ2) is 13.3. The number of carboxylic acid groups (broad SMARTS) is 2. The molecule has 0 spiro atoms. The van der Waals surface area contributed by atoms with Crippen LogP contribution in [0.25, 0.3) is 0 Å². The van der Waals surface area contributed by atoms with Gasteiger partial charge in [-0.15, -0.1) is 0 Å². The number of aromatic amines is 1. The van der Waals surface area contributed by atoms with Crippen molar-refractivity contribution in [2.24, 2.45) is 17.6 Å². The summed E-state index contributed by atoms with van der Waals surface area (Å²) in [6.45, 7) is 6.99. The van der Waals surface area contributed by atoms with E-state index in [0.717, 1.165) is 0 Å². The number of carbonyl (C=O) groups is 5. The van der Waals surface area contributed by atoms with Crippen LogP contribution in [0.15, 0.2) is 12.5 Å². The highest BCUT2D eigenvalue weighted by Crippen LogP contribution is 2.09. The zero-order chi connectivity index (χ0) is 26.0. The van der Waals surface area contributed by atoms with Crippen LogP contribution in [0.2, 0.25) is 0 Å². The lowest BCUT2D eigenvalue weighted by Crippen LogP contribution is -2.58. The minimum Gasteiger partial charge on any atom is -0.481 e. The van der Waals surface area contributed by atoms with E-state index in [1.807, 2.05) is 13.8 Å². The first-order valence-corrected chi connectivity index (χ1v) is 10.9. The first kappa shape index (κ1) is 28.6. The van der Waals surface area contributed by atoms with Gasteiger partial charge in [0.2, 0.25) is 17.7 Å². The first-order chi connectivity index (χ1) is 15.8. The van der Waals surface area contributed by atoms with E-state index in [-0.39, 0.29) is 18.8 Å². The van der Waals surface area contributed by atoms with Crippen LogP contribution in [-0.4, -0.2) is 74.0 Å². The van der Waals surface area contributed by atoms with Gasteiger partial charge in [-0.3, -0.25) is 19.2 Å². The molecule has 190 valence electrons. The van der Waals surface area contributed by atoms with Crippen molar-refractivity contribution in [3.63, 3.8) is 0 Å². The molecule has 1 aromatic rings. The Bertz CT molecular complexity index is 856. The molecule has 1 heterocycles. The number of H-pyrrole nitrogens is 1. The summed E-state index contributed by atoms with van der Waals surface area (Å²) in [4.78, 5) is 67.1. The normalized spacial score (nSPS) is 14.7. The SMILES string of the molecule is CC(C)CC(NC(=O)C(N)CC(=O)O)C(=O)NC(C(=O)NC(Cc1cnc[nH]1)C(=O)O)C(C)C. The lowest BCUT2D eigenvalue weighted by molar-refractivity contribution is -0.142. The van der Waals surface area contributed by atoms with Gasteiger partial charge in [-0.2, -0.15) is 0 Å². The van der Waals surface area contributed by atoms with Crippen LogP contribution < -0.4 is 21.7 Å². The highest BCUT2D eigenvalue weighted by Gasteiger charge is 2.32. The zero-order valence-corrected chi connectivity index (χ0v) is 19.7. The van der Waals surface area contributed by atoms with Gasteiger partial charge in [-0.25, -0.2) is 9.78 Å². The van der Waals surface area contributed by atoms with Crippen LogP contribution in [0, 0.1) is 11.8 Å². The molecule has 1 aromatic heterocycles. The minimum absolute atomic E-state index is 0.0242. The van der Waals surface area contributed by atoms with Gasteiger partial charge in [0.15, 0.2) is 0 Å². The molecule has 3 amide bonds. The average Bonchev–Trinajstić information content (AvgIpc) is 3.22. The van der Waals surface area contributed by atoms with E-state index in [1.54, 1.807) is 13.8 Å². The third-order valence-electron chi connectivity index (χ3n) is 4.91. The maximum absolute atomic E-state index is 13.0. The highest BCUT2D eigenvalue weighted by atomic mass is 16.4. The molecule has 13 heteroatoms. The van der Waals surface area contributed by atoms with Crippen LogP contribution >= 0.6 is 0 Å². The van der Waals surface area contributed by atoms with Gasteiger partial charge < -0.3 is 36.9 Å². The van der Waals surface area contributed by atoms with Gasteiger partial charge >= 0.3 is 11.9 Å². The second-order valence-electron chi connectivity index (χ2n) is 8.81. The summed E-state index contributed by atoms with van der Waals surface area (Å²) in [5.41, 5.74) is 6.09. The third kappa shape index (κ3) is 9.57. The van der Waals surface area contributed by atoms with E-state index in [2.05, 4.69) is 25.9 Å². The Labute approximate surface area is 197 Å². The Morgan fingerprint density at radius 2 is 1.59 bits per heavy atom. The fraction of sp³-hybridized carbons (Fsp3) is 0.619. The molecule has 4 atom stereocenters. The maximum atomic E-state index is 13.0. The smallest absolute Gasteiger partial charge is 0.326 e. The monoisotopic (exact) mass is 482 g/mol. The van der Waals surface area contributed by atoms with Crippen LogP contribution in [0.5, 0.6) is 0 Å². The van der Waals surface area contributed by atoms with E-state index < -0.39 is 66.2 Å². The fourth-order valence-corrected chi connectivity index (χ4v) is 3.13. The molecule has 0 aliphatic carbocycles. The van der Waals surface area contributed by atoms with Crippen molar-refractivity contribution in [1.82, 2.24) is 25.9 Å². The van der Waals surface area contributed by atoms with Crippen LogP contribution in [0.4, 0.5) is 0 Å². The molecule has 1 rings (SSSR count). The summed E-state index contributed by atoms with van der Waals surface area (Å²) < 4.78 is 0. The number of nitrogens with two attached hydrogens (primary N) is 1. The van der Waals surface area contributed by atoms with Crippen molar-refractivity contribution in [3.05, 3.63) is 18.2 Å². The molecule has 0 aliphatic heterocycles. The van der Waals surface area contributed by atoms with Crippen LogP contribution in [0.3, 0.4) is 0 Å². The number of nitrogens with zero attached hydrogens (tertiary/aromatic N) is 1. The Hall–Kier alpha value is -3.48. The maximum Gasteiger partial charge on any atom is 0.326 e. The topological polar surface area (TPSA) is 217 Å². The molecule has 13 nitrogen and oxygen atoms in total.